The molecule has 0 radical (unpaired) electrons. The quantitative estimate of drug-likeness (QED) is 0.438. The van der Waals surface area contributed by atoms with E-state index in [1.165, 1.54) is 6.07 Å². The lowest BCUT2D eigenvalue weighted by Gasteiger charge is -2.36. The van der Waals surface area contributed by atoms with Crippen molar-refractivity contribution in [2.45, 2.75) is 32.3 Å². The molecule has 0 aliphatic carbocycles. The summed E-state index contributed by atoms with van der Waals surface area (Å²) in [5, 5.41) is 12.6. The third-order valence-corrected chi connectivity index (χ3v) is 5.45. The maximum atomic E-state index is 14.3. The number of esters is 2. The third kappa shape index (κ3) is 5.59. The van der Waals surface area contributed by atoms with Crippen LogP contribution in [0.4, 0.5) is 20.6 Å². The van der Waals surface area contributed by atoms with Crippen molar-refractivity contribution >= 4 is 29.4 Å². The van der Waals surface area contributed by atoms with E-state index in [1.807, 2.05) is 6.07 Å². The number of nitrogens with one attached hydrogen (secondary N) is 1. The van der Waals surface area contributed by atoms with Crippen LogP contribution in [0.5, 0.6) is 0 Å². The molecule has 0 fully saturated rings. The van der Waals surface area contributed by atoms with Crippen molar-refractivity contribution in [3.63, 3.8) is 0 Å². The number of nitrogens with zero attached hydrogens (tertiary/aromatic N) is 2. The van der Waals surface area contributed by atoms with E-state index in [9.17, 15) is 24.0 Å². The molecule has 1 heterocycles. The number of amides is 1. The third-order valence-electron chi connectivity index (χ3n) is 5.45. The highest BCUT2D eigenvalue weighted by Gasteiger charge is 2.43. The van der Waals surface area contributed by atoms with Crippen molar-refractivity contribution in [2.75, 3.05) is 24.4 Å². The van der Waals surface area contributed by atoms with Crippen LogP contribution in [0.25, 0.3) is 0 Å². The van der Waals surface area contributed by atoms with E-state index in [0.29, 0.717) is 5.56 Å². The molecule has 3 rings (SSSR count). The molecular formula is C27H27FN4O6. The zero-order chi connectivity index (χ0) is 28.2. The van der Waals surface area contributed by atoms with E-state index in [4.69, 9.17) is 19.9 Å². The van der Waals surface area contributed by atoms with Gasteiger partial charge in [0.1, 0.15) is 22.9 Å². The number of nitriles is 1. The molecular weight excluding hydrogens is 495 g/mol. The Kier molecular flexibility index (Phi) is 8.06. The molecule has 1 aliphatic rings. The molecule has 0 bridgehead atoms. The van der Waals surface area contributed by atoms with Crippen LogP contribution in [0.15, 0.2) is 71.2 Å². The Labute approximate surface area is 219 Å². The van der Waals surface area contributed by atoms with Crippen molar-refractivity contribution in [1.82, 2.24) is 0 Å². The van der Waals surface area contributed by atoms with Gasteiger partial charge in [-0.25, -0.2) is 18.8 Å². The molecule has 2 aromatic rings. The molecule has 1 amide bonds. The highest BCUT2D eigenvalue weighted by Crippen LogP contribution is 2.44. The zero-order valence-electron chi connectivity index (χ0n) is 21.5. The van der Waals surface area contributed by atoms with Crippen molar-refractivity contribution < 1.29 is 33.0 Å². The van der Waals surface area contributed by atoms with Crippen LogP contribution >= 0.6 is 0 Å². The number of ether oxygens (including phenoxy) is 3. The monoisotopic (exact) mass is 522 g/mol. The Balaban J connectivity index is 2.36. The Morgan fingerprint density at radius 2 is 1.68 bits per heavy atom. The van der Waals surface area contributed by atoms with Crippen LogP contribution in [-0.4, -0.2) is 37.9 Å². The number of halogens is 1. The molecule has 0 aromatic heterocycles. The number of nitrogens with two attached hydrogens (primary N) is 1. The largest absolute Gasteiger partial charge is 0.466 e. The Hall–Kier alpha value is -4.85. The summed E-state index contributed by atoms with van der Waals surface area (Å²) in [7, 11) is 2.22. The minimum Gasteiger partial charge on any atom is -0.466 e. The van der Waals surface area contributed by atoms with E-state index in [1.54, 1.807) is 51.1 Å². The normalized spacial score (nSPS) is 15.5. The summed E-state index contributed by atoms with van der Waals surface area (Å²) in [5.74, 6) is -3.96. The average Bonchev–Trinajstić information content (AvgIpc) is 2.86. The van der Waals surface area contributed by atoms with Gasteiger partial charge in [0.15, 0.2) is 0 Å². The number of benzene rings is 2. The van der Waals surface area contributed by atoms with Crippen molar-refractivity contribution in [1.29, 1.82) is 5.26 Å². The van der Waals surface area contributed by atoms with Crippen LogP contribution in [0.1, 0.15) is 32.3 Å². The number of anilines is 2. The summed E-state index contributed by atoms with van der Waals surface area (Å²) in [6.07, 6.45) is -0.914. The zero-order valence-corrected chi connectivity index (χ0v) is 21.5. The molecule has 0 saturated carbocycles. The Morgan fingerprint density at radius 1 is 1.05 bits per heavy atom. The molecule has 0 spiro atoms. The lowest BCUT2D eigenvalue weighted by Crippen LogP contribution is -2.41. The highest BCUT2D eigenvalue weighted by molar-refractivity contribution is 6.07. The maximum absolute atomic E-state index is 14.3. The molecule has 3 N–H and O–H groups in total. The summed E-state index contributed by atoms with van der Waals surface area (Å²) >= 11 is 0. The van der Waals surface area contributed by atoms with Gasteiger partial charge in [0.2, 0.25) is 0 Å². The van der Waals surface area contributed by atoms with Gasteiger partial charge in [-0.2, -0.15) is 5.26 Å². The minimum absolute atomic E-state index is 0.0316. The van der Waals surface area contributed by atoms with Gasteiger partial charge in [-0.05, 0) is 44.5 Å². The number of carbonyl (C=O) groups excluding carboxylic acids is 3. The van der Waals surface area contributed by atoms with Gasteiger partial charge in [-0.1, -0.05) is 30.3 Å². The lowest BCUT2D eigenvalue weighted by molar-refractivity contribution is -0.139. The van der Waals surface area contributed by atoms with E-state index in [-0.39, 0.29) is 34.0 Å². The van der Waals surface area contributed by atoms with Crippen molar-refractivity contribution in [3.05, 3.63) is 82.6 Å². The van der Waals surface area contributed by atoms with Crippen LogP contribution in [0, 0.1) is 17.1 Å². The Morgan fingerprint density at radius 3 is 2.24 bits per heavy atom. The molecule has 11 heteroatoms. The van der Waals surface area contributed by atoms with Gasteiger partial charge in [0.25, 0.3) is 0 Å². The van der Waals surface area contributed by atoms with Gasteiger partial charge in [-0.15, -0.1) is 0 Å². The second-order valence-electron chi connectivity index (χ2n) is 9.12. The smallest absolute Gasteiger partial charge is 0.412 e. The van der Waals surface area contributed by atoms with Gasteiger partial charge in [0, 0.05) is 0 Å². The lowest BCUT2D eigenvalue weighted by atomic mass is 9.81. The second-order valence-corrected chi connectivity index (χ2v) is 9.12. The van der Waals surface area contributed by atoms with Crippen LogP contribution in [-0.2, 0) is 23.8 Å². The average molecular weight is 523 g/mol. The molecule has 198 valence electrons. The fourth-order valence-electron chi connectivity index (χ4n) is 3.98. The first kappa shape index (κ1) is 27.7. The molecule has 1 unspecified atom stereocenters. The number of carbonyl (C=O) groups is 3. The molecule has 1 atom stereocenters. The molecule has 38 heavy (non-hydrogen) atoms. The minimum atomic E-state index is -1.08. The van der Waals surface area contributed by atoms with Gasteiger partial charge >= 0.3 is 18.0 Å². The first-order valence-corrected chi connectivity index (χ1v) is 11.4. The topological polar surface area (TPSA) is 144 Å². The second kappa shape index (κ2) is 11.0. The van der Waals surface area contributed by atoms with Crippen molar-refractivity contribution in [3.8, 4) is 6.07 Å². The van der Waals surface area contributed by atoms with Crippen LogP contribution in [0.3, 0.4) is 0 Å². The molecule has 1 aliphatic heterocycles. The first-order chi connectivity index (χ1) is 17.9. The maximum Gasteiger partial charge on any atom is 0.412 e. The fourth-order valence-corrected chi connectivity index (χ4v) is 3.98. The van der Waals surface area contributed by atoms with Crippen LogP contribution < -0.4 is 16.0 Å². The van der Waals surface area contributed by atoms with Crippen molar-refractivity contribution in [2.24, 2.45) is 5.73 Å². The number of rotatable bonds is 5. The number of allylic oxidation sites excluding steroid dienone is 1. The number of methoxy groups -OCH3 is 2. The Bertz CT molecular complexity index is 1370. The number of hydrogen-bond acceptors (Lipinski definition) is 9. The summed E-state index contributed by atoms with van der Waals surface area (Å²) in [4.78, 5) is 40.0. The molecule has 10 nitrogen and oxygen atoms in total. The summed E-state index contributed by atoms with van der Waals surface area (Å²) < 4.78 is 29.6. The fraction of sp³-hybridized carbons (Fsp3) is 0.259. The van der Waals surface area contributed by atoms with Gasteiger partial charge < -0.3 is 19.9 Å². The highest BCUT2D eigenvalue weighted by atomic mass is 19.1. The summed E-state index contributed by atoms with van der Waals surface area (Å²) in [5.41, 5.74) is 5.22. The number of hydrogen-bond donors (Lipinski definition) is 2. The van der Waals surface area contributed by atoms with E-state index in [0.717, 1.165) is 31.3 Å². The summed E-state index contributed by atoms with van der Waals surface area (Å²) in [6, 6.07) is 13.8. The predicted octanol–water partition coefficient (Wildman–Crippen LogP) is 4.07. The molecule has 2 aromatic carbocycles. The summed E-state index contributed by atoms with van der Waals surface area (Å²) in [6.45, 7) is 4.94. The van der Waals surface area contributed by atoms with E-state index < -0.39 is 35.4 Å². The predicted molar refractivity (Wildman–Crippen MR) is 136 cm³/mol. The van der Waals surface area contributed by atoms with Gasteiger partial charge in [0.05, 0.1) is 48.7 Å². The van der Waals surface area contributed by atoms with Gasteiger partial charge in [-0.3, -0.25) is 10.2 Å². The molecule has 0 saturated heterocycles. The van der Waals surface area contributed by atoms with Crippen LogP contribution in [0.2, 0.25) is 0 Å². The SMILES string of the molecule is COC(=O)C1=C(C(=O)OC)N(c2ccc(F)cc2NC(=O)OC(C)(C)C)C(N)=C(C#N)C1c1ccccc1. The van der Waals surface area contributed by atoms with E-state index >= 15 is 0 Å². The standard InChI is InChI=1S/C27H27FN4O6/c1-27(2,3)38-26(35)31-18-13-16(28)11-12-19(18)32-22(25(34)37-5)21(24(33)36-4)20(17(14-29)23(32)30)15-9-7-6-8-10-15/h6-13,20H,30H2,1-5H3,(H,31,35). The first-order valence-electron chi connectivity index (χ1n) is 11.4. The van der Waals surface area contributed by atoms with E-state index in [2.05, 4.69) is 5.32 Å².